The van der Waals surface area contributed by atoms with E-state index in [4.69, 9.17) is 44.3 Å². The largest absolute Gasteiger partial charge is 0.392 e. The average molecular weight is 648 g/mol. The Morgan fingerprint density at radius 2 is 1.74 bits per heavy atom. The number of hydrogen-bond acceptors (Lipinski definition) is 7. The molecule has 0 bridgehead atoms. The predicted octanol–water partition coefficient (Wildman–Crippen LogP) is 6.53. The molecule has 0 unspecified atom stereocenters. The maximum atomic E-state index is 11.9. The van der Waals surface area contributed by atoms with E-state index in [9.17, 15) is 9.90 Å². The molecule has 0 saturated carbocycles. The van der Waals surface area contributed by atoms with Gasteiger partial charge in [0.1, 0.15) is 6.33 Å². The van der Waals surface area contributed by atoms with Gasteiger partial charge in [0.05, 0.1) is 18.8 Å². The van der Waals surface area contributed by atoms with Gasteiger partial charge in [-0.15, -0.1) is 0 Å². The van der Waals surface area contributed by atoms with Crippen LogP contribution in [0.15, 0.2) is 84.3 Å². The molecule has 1 fully saturated rings. The number of rotatable bonds is 9. The fourth-order valence-electron chi connectivity index (χ4n) is 4.71. The highest BCUT2D eigenvalue weighted by Crippen LogP contribution is 2.43. The number of aliphatic hydroxyl groups excluding tert-OH is 1. The van der Waals surface area contributed by atoms with Crippen molar-refractivity contribution in [1.29, 1.82) is 0 Å². The molecule has 3 aromatic carbocycles. The van der Waals surface area contributed by atoms with Crippen molar-refractivity contribution in [3.63, 3.8) is 0 Å². The van der Waals surface area contributed by atoms with Gasteiger partial charge >= 0.3 is 0 Å². The Labute approximate surface area is 263 Å². The van der Waals surface area contributed by atoms with Crippen molar-refractivity contribution in [1.82, 2.24) is 20.5 Å². The van der Waals surface area contributed by atoms with Gasteiger partial charge in [0.15, 0.2) is 11.4 Å². The highest BCUT2D eigenvalue weighted by molar-refractivity contribution is 7.99. The number of aliphatic hydroxyl groups is 1. The van der Waals surface area contributed by atoms with Gasteiger partial charge in [0.2, 0.25) is 0 Å². The molecule has 5 rings (SSSR count). The maximum absolute atomic E-state index is 11.9. The third-order valence-corrected chi connectivity index (χ3v) is 8.53. The van der Waals surface area contributed by atoms with Gasteiger partial charge in [0, 0.05) is 23.8 Å². The van der Waals surface area contributed by atoms with Crippen molar-refractivity contribution in [3.8, 4) is 11.1 Å². The maximum Gasteiger partial charge on any atom is 0.272 e. The summed E-state index contributed by atoms with van der Waals surface area (Å²) in [6.45, 7) is 2.34. The van der Waals surface area contributed by atoms with Crippen LogP contribution < -0.4 is 5.32 Å². The molecule has 220 valence electrons. The van der Waals surface area contributed by atoms with E-state index >= 15 is 0 Å². The van der Waals surface area contributed by atoms with Crippen LogP contribution >= 0.6 is 46.6 Å². The number of benzene rings is 3. The number of ether oxygens (including phenoxy) is 2. The Balaban J connectivity index is 1.33. The van der Waals surface area contributed by atoms with E-state index in [2.05, 4.69) is 27.4 Å². The Morgan fingerprint density at radius 1 is 1.00 bits per heavy atom. The van der Waals surface area contributed by atoms with Gasteiger partial charge in [-0.1, -0.05) is 120 Å². The summed E-state index contributed by atoms with van der Waals surface area (Å²) in [7, 11) is 0. The lowest BCUT2D eigenvalue weighted by molar-refractivity contribution is -0.268. The summed E-state index contributed by atoms with van der Waals surface area (Å²) in [5.41, 5.74) is 5.60. The number of H-pyrrole nitrogens is 1. The first-order chi connectivity index (χ1) is 20.2. The number of thioether (sulfide) groups is 1. The van der Waals surface area contributed by atoms with E-state index in [1.165, 1.54) is 6.33 Å². The number of alkyl halides is 3. The number of aromatic nitrogens is 3. The van der Waals surface area contributed by atoms with Crippen LogP contribution in [-0.2, 0) is 27.4 Å². The monoisotopic (exact) mass is 646 g/mol. The summed E-state index contributed by atoms with van der Waals surface area (Å²) in [6, 6.07) is 23.6. The van der Waals surface area contributed by atoms with Crippen LogP contribution in [-0.4, -0.2) is 41.8 Å². The Bertz CT molecular complexity index is 1470. The minimum absolute atomic E-state index is 0.0115. The first kappa shape index (κ1) is 30.8. The molecule has 1 aromatic heterocycles. The Kier molecular flexibility index (Phi) is 10.1. The molecule has 12 heteroatoms. The standard InChI is InChI=1S/C30H29Cl3N4O4S/c1-18-25(16-42-29-35-17-36-37-29)40-27(41-26(18)22-7-5-19(15-38)6-8-22)23-11-9-21(10-12-23)24-4-2-3-20(13-24)14-34-28(39)30(31,32)33/h2-13,17-18,25-27,38H,14-16H2,1H3,(H,34,39)(H,35,36,37)/t18-,25+,26+,27+/m0/s1. The van der Waals surface area contributed by atoms with E-state index in [-0.39, 0.29) is 31.3 Å². The molecule has 1 saturated heterocycles. The zero-order valence-electron chi connectivity index (χ0n) is 22.5. The second kappa shape index (κ2) is 13.8. The number of aromatic amines is 1. The number of halogens is 3. The first-order valence-corrected chi connectivity index (χ1v) is 15.4. The van der Waals surface area contributed by atoms with Crippen LogP contribution in [0.2, 0.25) is 0 Å². The molecule has 1 amide bonds. The van der Waals surface area contributed by atoms with Gasteiger partial charge in [-0.05, 0) is 33.9 Å². The second-order valence-corrected chi connectivity index (χ2v) is 13.2. The van der Waals surface area contributed by atoms with Crippen molar-refractivity contribution in [2.24, 2.45) is 5.92 Å². The highest BCUT2D eigenvalue weighted by Gasteiger charge is 2.38. The number of carbonyl (C=O) groups is 1. The number of carbonyl (C=O) groups excluding carboxylic acids is 1. The number of hydrogen-bond donors (Lipinski definition) is 3. The van der Waals surface area contributed by atoms with Gasteiger partial charge in [-0.25, -0.2) is 4.98 Å². The third-order valence-electron chi connectivity index (χ3n) is 7.05. The summed E-state index contributed by atoms with van der Waals surface area (Å²) < 4.78 is 11.1. The summed E-state index contributed by atoms with van der Waals surface area (Å²) >= 11 is 18.5. The lowest BCUT2D eigenvalue weighted by Gasteiger charge is -2.41. The summed E-state index contributed by atoms with van der Waals surface area (Å²) in [5, 5.41) is 19.7. The van der Waals surface area contributed by atoms with Crippen LogP contribution in [0.4, 0.5) is 0 Å². The molecule has 3 N–H and O–H groups in total. The van der Waals surface area contributed by atoms with Crippen molar-refractivity contribution in [3.05, 3.63) is 101 Å². The quantitative estimate of drug-likeness (QED) is 0.140. The van der Waals surface area contributed by atoms with Crippen molar-refractivity contribution in [2.75, 3.05) is 5.75 Å². The van der Waals surface area contributed by atoms with E-state index in [0.29, 0.717) is 5.75 Å². The number of nitrogens with one attached hydrogen (secondary N) is 2. The molecule has 0 aliphatic carbocycles. The zero-order valence-corrected chi connectivity index (χ0v) is 25.6. The molecule has 42 heavy (non-hydrogen) atoms. The molecular formula is C30H29Cl3N4O4S. The smallest absolute Gasteiger partial charge is 0.272 e. The molecule has 4 aromatic rings. The van der Waals surface area contributed by atoms with Crippen LogP contribution in [0, 0.1) is 5.92 Å². The average Bonchev–Trinajstić information content (AvgIpc) is 3.53. The van der Waals surface area contributed by atoms with Crippen molar-refractivity contribution >= 4 is 52.5 Å². The normalized spacial score (nSPS) is 20.8. The van der Waals surface area contributed by atoms with Crippen LogP contribution in [0.1, 0.15) is 41.6 Å². The molecule has 8 nitrogen and oxygen atoms in total. The SMILES string of the molecule is C[C@H]1[C@@H](CSc2ncn[nH]2)O[C@@H](c2ccc(-c3cccc(CNC(=O)C(Cl)(Cl)Cl)c3)cc2)O[C@H]1c1ccc(CO)cc1. The summed E-state index contributed by atoms with van der Waals surface area (Å²) in [5.74, 6) is 0.0474. The first-order valence-electron chi connectivity index (χ1n) is 13.2. The fourth-order valence-corrected chi connectivity index (χ4v) is 5.85. The molecule has 4 atom stereocenters. The summed E-state index contributed by atoms with van der Waals surface area (Å²) in [4.78, 5) is 16.1. The van der Waals surface area contributed by atoms with Crippen molar-refractivity contribution in [2.45, 2.75) is 47.5 Å². The van der Waals surface area contributed by atoms with E-state index in [1.54, 1.807) is 11.8 Å². The van der Waals surface area contributed by atoms with Crippen molar-refractivity contribution < 1.29 is 19.4 Å². The molecule has 0 radical (unpaired) electrons. The van der Waals surface area contributed by atoms with E-state index in [1.807, 2.05) is 72.8 Å². The van der Waals surface area contributed by atoms with E-state index in [0.717, 1.165) is 38.5 Å². The molecule has 1 aliphatic rings. The number of amides is 1. The van der Waals surface area contributed by atoms with Gasteiger partial charge in [-0.2, -0.15) is 5.10 Å². The zero-order chi connectivity index (χ0) is 29.7. The minimum Gasteiger partial charge on any atom is -0.392 e. The lowest BCUT2D eigenvalue weighted by Crippen LogP contribution is -2.38. The lowest BCUT2D eigenvalue weighted by atomic mass is 9.91. The topological polar surface area (TPSA) is 109 Å². The Hall–Kier alpha value is -2.63. The van der Waals surface area contributed by atoms with Crippen LogP contribution in [0.3, 0.4) is 0 Å². The highest BCUT2D eigenvalue weighted by atomic mass is 35.6. The Morgan fingerprint density at radius 3 is 2.40 bits per heavy atom. The van der Waals surface area contributed by atoms with Gasteiger partial charge in [0.25, 0.3) is 9.70 Å². The molecule has 0 spiro atoms. The van der Waals surface area contributed by atoms with E-state index < -0.39 is 16.0 Å². The molecule has 2 heterocycles. The second-order valence-electron chi connectivity index (χ2n) is 9.93. The van der Waals surface area contributed by atoms with Gasteiger partial charge < -0.3 is 19.9 Å². The van der Waals surface area contributed by atoms with Crippen LogP contribution in [0.25, 0.3) is 11.1 Å². The van der Waals surface area contributed by atoms with Crippen LogP contribution in [0.5, 0.6) is 0 Å². The third kappa shape index (κ3) is 7.65. The summed E-state index contributed by atoms with van der Waals surface area (Å²) in [6.07, 6.45) is 0.570. The number of nitrogens with zero attached hydrogens (tertiary/aromatic N) is 2. The fraction of sp³-hybridized carbons (Fsp3) is 0.300. The van der Waals surface area contributed by atoms with Gasteiger partial charge in [-0.3, -0.25) is 9.89 Å². The molecular weight excluding hydrogens is 619 g/mol. The molecule has 1 aliphatic heterocycles. The predicted molar refractivity (Wildman–Crippen MR) is 164 cm³/mol. The minimum atomic E-state index is -2.01.